The van der Waals surface area contributed by atoms with Crippen molar-refractivity contribution in [2.45, 2.75) is 58.2 Å². The number of piperidine rings is 1. The van der Waals surface area contributed by atoms with Gasteiger partial charge in [0, 0.05) is 17.1 Å². The molecular formula is C25H29ClFN3O3. The lowest BCUT2D eigenvalue weighted by Gasteiger charge is -2.36. The highest BCUT2D eigenvalue weighted by Gasteiger charge is 2.31. The molecule has 0 unspecified atom stereocenters. The van der Waals surface area contributed by atoms with E-state index in [1.807, 2.05) is 49.6 Å². The molecule has 3 aromatic rings. The summed E-state index contributed by atoms with van der Waals surface area (Å²) in [5.41, 5.74) is 1.37. The van der Waals surface area contributed by atoms with Gasteiger partial charge < -0.3 is 14.4 Å². The lowest BCUT2D eigenvalue weighted by atomic mass is 10.0. The third-order valence-corrected chi connectivity index (χ3v) is 6.01. The van der Waals surface area contributed by atoms with E-state index in [2.05, 4.69) is 4.98 Å². The monoisotopic (exact) mass is 473 g/mol. The van der Waals surface area contributed by atoms with Crippen molar-refractivity contribution in [3.05, 3.63) is 58.9 Å². The summed E-state index contributed by atoms with van der Waals surface area (Å²) in [6.45, 7) is 6.66. The average Bonchev–Trinajstić information content (AvgIpc) is 3.11. The molecule has 1 fully saturated rings. The Kier molecular flexibility index (Phi) is 6.79. The van der Waals surface area contributed by atoms with Crippen molar-refractivity contribution in [3.8, 4) is 6.01 Å². The summed E-state index contributed by atoms with van der Waals surface area (Å²) in [7, 11) is 0. The number of ether oxygens (including phenoxy) is 2. The van der Waals surface area contributed by atoms with Crippen LogP contribution in [0.25, 0.3) is 11.0 Å². The van der Waals surface area contributed by atoms with Gasteiger partial charge in [0.25, 0.3) is 6.01 Å². The van der Waals surface area contributed by atoms with Gasteiger partial charge in [-0.25, -0.2) is 9.18 Å². The second kappa shape index (κ2) is 9.59. The molecule has 1 atom stereocenters. The van der Waals surface area contributed by atoms with E-state index >= 15 is 0 Å². The number of halogens is 2. The molecule has 0 saturated carbocycles. The maximum absolute atomic E-state index is 14.5. The molecule has 0 spiro atoms. The van der Waals surface area contributed by atoms with Crippen molar-refractivity contribution in [2.24, 2.45) is 0 Å². The number of hydrogen-bond acceptors (Lipinski definition) is 4. The Morgan fingerprint density at radius 3 is 2.73 bits per heavy atom. The molecule has 2 aromatic carbocycles. The van der Waals surface area contributed by atoms with Crippen molar-refractivity contribution < 1.29 is 18.7 Å². The van der Waals surface area contributed by atoms with E-state index in [4.69, 9.17) is 21.1 Å². The first-order chi connectivity index (χ1) is 15.7. The van der Waals surface area contributed by atoms with E-state index in [0.29, 0.717) is 23.1 Å². The van der Waals surface area contributed by atoms with Crippen LogP contribution >= 0.6 is 11.6 Å². The van der Waals surface area contributed by atoms with Crippen molar-refractivity contribution >= 4 is 28.7 Å². The minimum Gasteiger partial charge on any atom is -0.462 e. The molecule has 0 N–H and O–H groups in total. The van der Waals surface area contributed by atoms with Gasteiger partial charge in [0.2, 0.25) is 0 Å². The first kappa shape index (κ1) is 23.4. The second-order valence-corrected chi connectivity index (χ2v) is 9.71. The summed E-state index contributed by atoms with van der Waals surface area (Å²) < 4.78 is 28.1. The number of amides is 1. The molecule has 1 amide bonds. The number of carbonyl (C=O) groups is 1. The van der Waals surface area contributed by atoms with Gasteiger partial charge in [-0.3, -0.25) is 4.57 Å². The van der Waals surface area contributed by atoms with Crippen LogP contribution in [0.2, 0.25) is 5.02 Å². The van der Waals surface area contributed by atoms with E-state index in [9.17, 15) is 9.18 Å². The van der Waals surface area contributed by atoms with E-state index in [0.717, 1.165) is 30.3 Å². The molecule has 2 heterocycles. The van der Waals surface area contributed by atoms with E-state index in [1.165, 1.54) is 6.07 Å². The van der Waals surface area contributed by atoms with E-state index in [1.54, 1.807) is 17.0 Å². The number of rotatable bonds is 5. The highest BCUT2D eigenvalue weighted by atomic mass is 35.5. The lowest BCUT2D eigenvalue weighted by Crippen LogP contribution is -2.48. The quantitative estimate of drug-likeness (QED) is 0.453. The number of aromatic nitrogens is 2. The maximum atomic E-state index is 14.5. The zero-order valence-corrected chi connectivity index (χ0v) is 19.9. The number of hydrogen-bond donors (Lipinski definition) is 0. The Hall–Kier alpha value is -2.80. The smallest absolute Gasteiger partial charge is 0.410 e. The number of fused-ring (bicyclic) bond motifs is 1. The molecule has 1 saturated heterocycles. The minimum atomic E-state index is -0.563. The van der Waals surface area contributed by atoms with Crippen LogP contribution in [-0.2, 0) is 11.3 Å². The first-order valence-corrected chi connectivity index (χ1v) is 11.6. The van der Waals surface area contributed by atoms with Crippen LogP contribution in [0, 0.1) is 5.82 Å². The Labute approximate surface area is 198 Å². The minimum absolute atomic E-state index is 0.126. The van der Waals surface area contributed by atoms with Crippen molar-refractivity contribution in [3.63, 3.8) is 0 Å². The molecule has 8 heteroatoms. The zero-order chi connectivity index (χ0) is 23.6. The molecule has 1 aliphatic rings. The van der Waals surface area contributed by atoms with Crippen molar-refractivity contribution in [1.82, 2.24) is 14.5 Å². The molecular weight excluding hydrogens is 445 g/mol. The molecule has 0 aliphatic carbocycles. The van der Waals surface area contributed by atoms with Crippen LogP contribution in [0.4, 0.5) is 9.18 Å². The Morgan fingerprint density at radius 2 is 1.97 bits per heavy atom. The summed E-state index contributed by atoms with van der Waals surface area (Å²) in [6.07, 6.45) is 2.43. The first-order valence-electron chi connectivity index (χ1n) is 11.2. The number of carbonyl (C=O) groups excluding carboxylic acids is 1. The highest BCUT2D eigenvalue weighted by Crippen LogP contribution is 2.28. The normalized spacial score (nSPS) is 16.8. The van der Waals surface area contributed by atoms with Gasteiger partial charge in [-0.05, 0) is 64.3 Å². The predicted octanol–water partition coefficient (Wildman–Crippen LogP) is 6.05. The van der Waals surface area contributed by atoms with Gasteiger partial charge in [0.1, 0.15) is 18.0 Å². The largest absolute Gasteiger partial charge is 0.462 e. The second-order valence-electron chi connectivity index (χ2n) is 9.30. The predicted molar refractivity (Wildman–Crippen MR) is 126 cm³/mol. The molecule has 33 heavy (non-hydrogen) atoms. The van der Waals surface area contributed by atoms with Crippen LogP contribution in [0.1, 0.15) is 45.6 Å². The third-order valence-electron chi connectivity index (χ3n) is 5.66. The number of nitrogens with zero attached hydrogens (tertiary/aromatic N) is 3. The maximum Gasteiger partial charge on any atom is 0.410 e. The molecule has 1 aliphatic heterocycles. The Morgan fingerprint density at radius 1 is 1.18 bits per heavy atom. The SMILES string of the molecule is CC(C)(C)OC(=O)N1CCCC[C@@H]1COc1nc2ccccc2n1Cc1c(F)cccc1Cl. The van der Waals surface area contributed by atoms with E-state index in [-0.39, 0.29) is 31.1 Å². The van der Waals surface area contributed by atoms with Crippen LogP contribution < -0.4 is 4.74 Å². The topological polar surface area (TPSA) is 56.6 Å². The van der Waals surface area contributed by atoms with Crippen LogP contribution in [0.5, 0.6) is 6.01 Å². The van der Waals surface area contributed by atoms with Crippen molar-refractivity contribution in [1.29, 1.82) is 0 Å². The average molecular weight is 474 g/mol. The van der Waals surface area contributed by atoms with Gasteiger partial charge in [-0.1, -0.05) is 29.8 Å². The summed E-state index contributed by atoms with van der Waals surface area (Å²) in [4.78, 5) is 19.1. The summed E-state index contributed by atoms with van der Waals surface area (Å²) >= 11 is 6.28. The fourth-order valence-corrected chi connectivity index (χ4v) is 4.29. The number of imidazole rings is 1. The van der Waals surface area contributed by atoms with Crippen molar-refractivity contribution in [2.75, 3.05) is 13.2 Å². The molecule has 1 aromatic heterocycles. The molecule has 0 bridgehead atoms. The standard InChI is InChI=1S/C25H29ClFN3O3/c1-25(2,3)33-24(31)29-14-7-6-9-17(29)16-32-23-28-21-12-4-5-13-22(21)30(23)15-18-19(26)10-8-11-20(18)27/h4-5,8,10-13,17H,6-7,9,14-16H2,1-3H3/t17-/m1/s1. The Balaban J connectivity index is 1.58. The highest BCUT2D eigenvalue weighted by molar-refractivity contribution is 6.31. The van der Waals surface area contributed by atoms with E-state index < -0.39 is 5.60 Å². The molecule has 0 radical (unpaired) electrons. The van der Waals surface area contributed by atoms with Crippen LogP contribution in [0.15, 0.2) is 42.5 Å². The number of likely N-dealkylation sites (tertiary alicyclic amines) is 1. The molecule has 6 nitrogen and oxygen atoms in total. The zero-order valence-electron chi connectivity index (χ0n) is 19.2. The summed E-state index contributed by atoms with van der Waals surface area (Å²) in [5, 5.41) is 0.349. The summed E-state index contributed by atoms with van der Waals surface area (Å²) in [6, 6.07) is 12.5. The molecule has 4 rings (SSSR count). The fraction of sp³-hybridized carbons (Fsp3) is 0.440. The van der Waals surface area contributed by atoms with Gasteiger partial charge in [0.15, 0.2) is 0 Å². The Bertz CT molecular complexity index is 1120. The number of para-hydroxylation sites is 2. The van der Waals surface area contributed by atoms with Gasteiger partial charge in [-0.15, -0.1) is 0 Å². The lowest BCUT2D eigenvalue weighted by molar-refractivity contribution is 0.00290. The van der Waals surface area contributed by atoms with Gasteiger partial charge in [0.05, 0.1) is 23.6 Å². The third kappa shape index (κ3) is 5.41. The van der Waals surface area contributed by atoms with Gasteiger partial charge >= 0.3 is 6.09 Å². The molecule has 176 valence electrons. The van der Waals surface area contributed by atoms with Crippen LogP contribution in [0.3, 0.4) is 0 Å². The van der Waals surface area contributed by atoms with Gasteiger partial charge in [-0.2, -0.15) is 4.98 Å². The summed E-state index contributed by atoms with van der Waals surface area (Å²) in [5.74, 6) is -0.380. The number of benzene rings is 2. The van der Waals surface area contributed by atoms with Crippen LogP contribution in [-0.4, -0.2) is 45.3 Å². The fourth-order valence-electron chi connectivity index (χ4n) is 4.06.